The average Bonchev–Trinajstić information content (AvgIpc) is 2.36. The number of hydrogen-bond donors (Lipinski definition) is 0. The van der Waals surface area contributed by atoms with Gasteiger partial charge in [-0.15, -0.1) is 0 Å². The summed E-state index contributed by atoms with van der Waals surface area (Å²) in [4.78, 5) is 23.1. The molecule has 0 radical (unpaired) electrons. The zero-order valence-electron chi connectivity index (χ0n) is 9.93. The molecule has 0 aliphatic carbocycles. The molecule has 1 aromatic rings. The molecule has 0 bridgehead atoms. The van der Waals surface area contributed by atoms with Crippen molar-refractivity contribution in [2.75, 3.05) is 14.2 Å². The first kappa shape index (κ1) is 13.3. The highest BCUT2D eigenvalue weighted by Gasteiger charge is 2.43. The molecule has 0 saturated heterocycles. The fourth-order valence-electron chi connectivity index (χ4n) is 1.35. The molecule has 0 aliphatic rings. The Morgan fingerprint density at radius 1 is 1.06 bits per heavy atom. The van der Waals surface area contributed by atoms with E-state index in [1.807, 2.05) is 0 Å². The van der Waals surface area contributed by atoms with Gasteiger partial charge in [-0.2, -0.15) is 0 Å². The third kappa shape index (κ3) is 2.89. The Bertz CT molecular complexity index is 395. The zero-order valence-corrected chi connectivity index (χ0v) is 9.93. The second kappa shape index (κ2) is 5.56. The summed E-state index contributed by atoms with van der Waals surface area (Å²) in [6, 6.07) is 8.31. The van der Waals surface area contributed by atoms with E-state index in [4.69, 9.17) is 14.2 Å². The Morgan fingerprint density at radius 3 is 2.00 bits per heavy atom. The minimum absolute atomic E-state index is 0.331. The van der Waals surface area contributed by atoms with E-state index in [0.717, 1.165) is 0 Å². The first-order chi connectivity index (χ1) is 8.05. The van der Waals surface area contributed by atoms with Crippen molar-refractivity contribution in [1.82, 2.24) is 0 Å². The van der Waals surface area contributed by atoms with Gasteiger partial charge < -0.3 is 14.2 Å². The standard InChI is InChI=1S/C12H14O5/c1-9(13)17-12(15-2,16-3)11(14)10-7-5-4-6-8-10/h4-8H,1-3H3. The number of carbonyl (C=O) groups excluding carboxylic acids is 2. The quantitative estimate of drug-likeness (QED) is 0.440. The number of hydrogen-bond acceptors (Lipinski definition) is 5. The van der Waals surface area contributed by atoms with E-state index < -0.39 is 17.7 Å². The van der Waals surface area contributed by atoms with Gasteiger partial charge in [0.2, 0.25) is 0 Å². The Morgan fingerprint density at radius 2 is 1.59 bits per heavy atom. The fourth-order valence-corrected chi connectivity index (χ4v) is 1.35. The number of rotatable bonds is 5. The predicted molar refractivity (Wildman–Crippen MR) is 59.3 cm³/mol. The van der Waals surface area contributed by atoms with Gasteiger partial charge in [-0.05, 0) is 0 Å². The zero-order chi connectivity index (χ0) is 12.9. The lowest BCUT2D eigenvalue weighted by atomic mass is 10.1. The van der Waals surface area contributed by atoms with E-state index in [-0.39, 0.29) is 0 Å². The molecule has 0 saturated carbocycles. The SMILES string of the molecule is COC(OC)(OC(C)=O)C(=O)c1ccccc1. The largest absolute Gasteiger partial charge is 0.401 e. The fraction of sp³-hybridized carbons (Fsp3) is 0.333. The summed E-state index contributed by atoms with van der Waals surface area (Å²) < 4.78 is 14.6. The summed E-state index contributed by atoms with van der Waals surface area (Å²) >= 11 is 0. The van der Waals surface area contributed by atoms with Crippen molar-refractivity contribution in [1.29, 1.82) is 0 Å². The third-order valence-electron chi connectivity index (χ3n) is 2.13. The summed E-state index contributed by atoms with van der Waals surface area (Å²) in [5.41, 5.74) is 0.331. The second-order valence-electron chi connectivity index (χ2n) is 3.25. The number of benzene rings is 1. The van der Waals surface area contributed by atoms with Crippen LogP contribution >= 0.6 is 0 Å². The number of methoxy groups -OCH3 is 2. The maximum Gasteiger partial charge on any atom is 0.397 e. The van der Waals surface area contributed by atoms with E-state index in [0.29, 0.717) is 5.56 Å². The second-order valence-corrected chi connectivity index (χ2v) is 3.25. The molecule has 5 heteroatoms. The predicted octanol–water partition coefficient (Wildman–Crippen LogP) is 1.38. The van der Waals surface area contributed by atoms with Gasteiger partial charge in [0.1, 0.15) is 0 Å². The molecule has 5 nitrogen and oxygen atoms in total. The molecule has 0 heterocycles. The van der Waals surface area contributed by atoms with Crippen molar-refractivity contribution in [2.45, 2.75) is 12.9 Å². The summed E-state index contributed by atoms with van der Waals surface area (Å²) in [5, 5.41) is 0. The molecule has 0 N–H and O–H groups in total. The van der Waals surface area contributed by atoms with Crippen molar-refractivity contribution in [3.63, 3.8) is 0 Å². The van der Waals surface area contributed by atoms with Crippen LogP contribution in [0.1, 0.15) is 17.3 Å². The first-order valence-corrected chi connectivity index (χ1v) is 4.95. The Balaban J connectivity index is 3.07. The Labute approximate surface area is 99.3 Å². The summed E-state index contributed by atoms with van der Waals surface area (Å²) in [5.74, 6) is -3.26. The molecule has 0 aliphatic heterocycles. The van der Waals surface area contributed by atoms with E-state index in [9.17, 15) is 9.59 Å². The van der Waals surface area contributed by atoms with Gasteiger partial charge in [0.25, 0.3) is 5.78 Å². The molecular formula is C12H14O5. The molecule has 0 atom stereocenters. The summed E-state index contributed by atoms with van der Waals surface area (Å²) in [6.45, 7) is 1.17. The van der Waals surface area contributed by atoms with Gasteiger partial charge >= 0.3 is 11.9 Å². The minimum atomic E-state index is -2.02. The molecule has 1 rings (SSSR count). The topological polar surface area (TPSA) is 61.8 Å². The molecule has 0 fully saturated rings. The van der Waals surface area contributed by atoms with Crippen molar-refractivity contribution < 1.29 is 23.8 Å². The molecule has 0 spiro atoms. The molecule has 0 unspecified atom stereocenters. The van der Waals surface area contributed by atoms with Gasteiger partial charge in [-0.3, -0.25) is 9.59 Å². The normalized spacial score (nSPS) is 11.0. The van der Waals surface area contributed by atoms with Crippen LogP contribution in [0.3, 0.4) is 0 Å². The third-order valence-corrected chi connectivity index (χ3v) is 2.13. The lowest BCUT2D eigenvalue weighted by molar-refractivity contribution is -0.306. The number of ketones is 1. The number of esters is 1. The first-order valence-electron chi connectivity index (χ1n) is 4.95. The monoisotopic (exact) mass is 238 g/mol. The maximum absolute atomic E-state index is 12.1. The minimum Gasteiger partial charge on any atom is -0.401 e. The van der Waals surface area contributed by atoms with Crippen LogP contribution in [0.25, 0.3) is 0 Å². The highest BCUT2D eigenvalue weighted by molar-refractivity contribution is 6.01. The molecule has 0 amide bonds. The van der Waals surface area contributed by atoms with Crippen LogP contribution in [0.15, 0.2) is 30.3 Å². The van der Waals surface area contributed by atoms with Crippen LogP contribution < -0.4 is 0 Å². The van der Waals surface area contributed by atoms with Gasteiger partial charge in [-0.25, -0.2) is 0 Å². The van der Waals surface area contributed by atoms with Crippen LogP contribution in [-0.2, 0) is 19.0 Å². The molecule has 17 heavy (non-hydrogen) atoms. The highest BCUT2D eigenvalue weighted by atomic mass is 16.9. The lowest BCUT2D eigenvalue weighted by Crippen LogP contribution is -2.46. The Kier molecular flexibility index (Phi) is 4.37. The molecular weight excluding hydrogens is 224 g/mol. The lowest BCUT2D eigenvalue weighted by Gasteiger charge is -2.27. The Hall–Kier alpha value is -1.72. The summed E-state index contributed by atoms with van der Waals surface area (Å²) in [7, 11) is 2.46. The van der Waals surface area contributed by atoms with Gasteiger partial charge in [0, 0.05) is 26.7 Å². The van der Waals surface area contributed by atoms with Crippen LogP contribution in [0.4, 0.5) is 0 Å². The van der Waals surface area contributed by atoms with Crippen molar-refractivity contribution in [3.05, 3.63) is 35.9 Å². The maximum atomic E-state index is 12.1. The van der Waals surface area contributed by atoms with Crippen LogP contribution in [0.5, 0.6) is 0 Å². The van der Waals surface area contributed by atoms with E-state index >= 15 is 0 Å². The molecule has 92 valence electrons. The van der Waals surface area contributed by atoms with Gasteiger partial charge in [-0.1, -0.05) is 30.3 Å². The number of carbonyl (C=O) groups is 2. The van der Waals surface area contributed by atoms with Crippen LogP contribution in [0.2, 0.25) is 0 Å². The molecule has 0 aromatic heterocycles. The van der Waals surface area contributed by atoms with E-state index in [1.54, 1.807) is 30.3 Å². The smallest absolute Gasteiger partial charge is 0.397 e. The van der Waals surface area contributed by atoms with Crippen molar-refractivity contribution in [2.24, 2.45) is 0 Å². The highest BCUT2D eigenvalue weighted by Crippen LogP contribution is 2.20. The average molecular weight is 238 g/mol. The van der Waals surface area contributed by atoms with Crippen LogP contribution in [-0.4, -0.2) is 31.9 Å². The van der Waals surface area contributed by atoms with E-state index in [1.165, 1.54) is 21.1 Å². The van der Waals surface area contributed by atoms with Crippen LogP contribution in [0, 0.1) is 0 Å². The summed E-state index contributed by atoms with van der Waals surface area (Å²) in [6.07, 6.45) is 0. The van der Waals surface area contributed by atoms with Crippen molar-refractivity contribution in [3.8, 4) is 0 Å². The number of ether oxygens (including phenoxy) is 3. The molecule has 1 aromatic carbocycles. The van der Waals surface area contributed by atoms with Gasteiger partial charge in [0.05, 0.1) is 0 Å². The number of Topliss-reactive ketones (excluding diaryl/α,β-unsaturated/α-hetero) is 1. The van der Waals surface area contributed by atoms with Crippen molar-refractivity contribution >= 4 is 11.8 Å². The van der Waals surface area contributed by atoms with E-state index in [2.05, 4.69) is 0 Å². The van der Waals surface area contributed by atoms with Gasteiger partial charge in [0.15, 0.2) is 0 Å².